The standard InChI is InChI=1S/C21H24ClN5O2/c1-21(2,3)20-24-18(26-9-8-13(29)10-26)17-19(25-20)27(12-23-17)16(11-28)14-6-4-5-7-15(14)22/h4-7,11-13,16,29H,8-10H2,1-3H3. The first-order valence-electron chi connectivity index (χ1n) is 9.67. The Morgan fingerprint density at radius 2 is 2.03 bits per heavy atom. The smallest absolute Gasteiger partial charge is 0.166 e. The highest BCUT2D eigenvalue weighted by Crippen LogP contribution is 2.33. The van der Waals surface area contributed by atoms with Crippen LogP contribution in [0.1, 0.15) is 44.6 Å². The molecule has 29 heavy (non-hydrogen) atoms. The fourth-order valence-electron chi connectivity index (χ4n) is 3.60. The number of aromatic nitrogens is 4. The second-order valence-electron chi connectivity index (χ2n) is 8.44. The molecule has 0 bridgehead atoms. The van der Waals surface area contributed by atoms with Gasteiger partial charge in [0.25, 0.3) is 0 Å². The largest absolute Gasteiger partial charge is 0.391 e. The molecular weight excluding hydrogens is 390 g/mol. The molecule has 1 saturated heterocycles. The molecule has 0 radical (unpaired) electrons. The van der Waals surface area contributed by atoms with E-state index in [9.17, 15) is 9.90 Å². The van der Waals surface area contributed by atoms with Crippen molar-refractivity contribution in [2.45, 2.75) is 44.8 Å². The lowest BCUT2D eigenvalue weighted by atomic mass is 9.95. The summed E-state index contributed by atoms with van der Waals surface area (Å²) in [5.41, 5.74) is 1.60. The number of benzene rings is 1. The normalized spacial score (nSPS) is 18.4. The molecule has 0 saturated carbocycles. The van der Waals surface area contributed by atoms with Gasteiger partial charge < -0.3 is 19.4 Å². The van der Waals surface area contributed by atoms with E-state index in [4.69, 9.17) is 21.6 Å². The number of anilines is 1. The summed E-state index contributed by atoms with van der Waals surface area (Å²) >= 11 is 6.36. The number of aldehydes is 1. The second-order valence-corrected chi connectivity index (χ2v) is 8.84. The number of β-amino-alcohol motifs (C(OH)–C–C–N with tert-alkyl or cyclic N) is 1. The van der Waals surface area contributed by atoms with Crippen LogP contribution in [0, 0.1) is 0 Å². The maximum absolute atomic E-state index is 12.1. The predicted molar refractivity (Wildman–Crippen MR) is 113 cm³/mol. The number of hydrogen-bond donors (Lipinski definition) is 1. The van der Waals surface area contributed by atoms with Crippen molar-refractivity contribution in [1.29, 1.82) is 0 Å². The fourth-order valence-corrected chi connectivity index (χ4v) is 3.85. The maximum atomic E-state index is 12.1. The lowest BCUT2D eigenvalue weighted by Crippen LogP contribution is -2.25. The average molecular weight is 414 g/mol. The molecule has 7 nitrogen and oxygen atoms in total. The van der Waals surface area contributed by atoms with Gasteiger partial charge in [0.15, 0.2) is 17.0 Å². The lowest BCUT2D eigenvalue weighted by molar-refractivity contribution is -0.109. The van der Waals surface area contributed by atoms with Gasteiger partial charge in [-0.25, -0.2) is 15.0 Å². The molecule has 1 fully saturated rings. The van der Waals surface area contributed by atoms with Crippen molar-refractivity contribution in [2.24, 2.45) is 0 Å². The van der Waals surface area contributed by atoms with Gasteiger partial charge in [-0.15, -0.1) is 0 Å². The van der Waals surface area contributed by atoms with Gasteiger partial charge in [0.1, 0.15) is 18.2 Å². The van der Waals surface area contributed by atoms with Crippen LogP contribution in [0.15, 0.2) is 30.6 Å². The number of imidazole rings is 1. The average Bonchev–Trinajstić information content (AvgIpc) is 3.29. The van der Waals surface area contributed by atoms with Gasteiger partial charge in [0.2, 0.25) is 0 Å². The zero-order valence-electron chi connectivity index (χ0n) is 16.7. The molecule has 0 amide bonds. The molecule has 0 spiro atoms. The first kappa shape index (κ1) is 19.8. The molecule has 1 aliphatic heterocycles. The molecule has 8 heteroatoms. The van der Waals surface area contributed by atoms with Crippen molar-refractivity contribution in [1.82, 2.24) is 19.5 Å². The Kier molecular flexibility index (Phi) is 5.04. The third-order valence-electron chi connectivity index (χ3n) is 5.19. The van der Waals surface area contributed by atoms with Gasteiger partial charge in [-0.2, -0.15) is 0 Å². The van der Waals surface area contributed by atoms with Crippen LogP contribution in [0.5, 0.6) is 0 Å². The van der Waals surface area contributed by atoms with Crippen molar-refractivity contribution in [3.8, 4) is 0 Å². The van der Waals surface area contributed by atoms with Gasteiger partial charge in [-0.05, 0) is 12.5 Å². The van der Waals surface area contributed by atoms with Crippen LogP contribution in [0.3, 0.4) is 0 Å². The van der Waals surface area contributed by atoms with Crippen LogP contribution in [-0.2, 0) is 10.2 Å². The Morgan fingerprint density at radius 1 is 1.28 bits per heavy atom. The fraction of sp³-hybridized carbons (Fsp3) is 0.429. The highest BCUT2D eigenvalue weighted by molar-refractivity contribution is 6.31. The molecule has 2 aromatic heterocycles. The summed E-state index contributed by atoms with van der Waals surface area (Å²) in [5, 5.41) is 10.5. The summed E-state index contributed by atoms with van der Waals surface area (Å²) in [5.74, 6) is 1.35. The summed E-state index contributed by atoms with van der Waals surface area (Å²) in [4.78, 5) is 28.2. The van der Waals surface area contributed by atoms with E-state index >= 15 is 0 Å². The van der Waals surface area contributed by atoms with E-state index in [1.54, 1.807) is 17.0 Å². The number of aliphatic hydroxyl groups is 1. The highest BCUT2D eigenvalue weighted by Gasteiger charge is 2.29. The molecule has 3 heterocycles. The van der Waals surface area contributed by atoms with Crippen molar-refractivity contribution in [3.63, 3.8) is 0 Å². The number of fused-ring (bicyclic) bond motifs is 1. The molecule has 4 rings (SSSR count). The number of carbonyl (C=O) groups is 1. The summed E-state index contributed by atoms with van der Waals surface area (Å²) in [6.07, 6.45) is 2.77. The first-order chi connectivity index (χ1) is 13.8. The second kappa shape index (κ2) is 7.39. The molecule has 1 aromatic carbocycles. The molecule has 1 N–H and O–H groups in total. The van der Waals surface area contributed by atoms with Crippen LogP contribution >= 0.6 is 11.6 Å². The van der Waals surface area contributed by atoms with E-state index in [1.807, 2.05) is 43.9 Å². The van der Waals surface area contributed by atoms with E-state index in [0.717, 1.165) is 6.29 Å². The van der Waals surface area contributed by atoms with Crippen LogP contribution in [0.2, 0.25) is 5.02 Å². The molecule has 1 aliphatic rings. The Hall–Kier alpha value is -2.51. The minimum Gasteiger partial charge on any atom is -0.391 e. The van der Waals surface area contributed by atoms with E-state index in [1.165, 1.54) is 0 Å². The van der Waals surface area contributed by atoms with E-state index in [-0.39, 0.29) is 11.5 Å². The van der Waals surface area contributed by atoms with Gasteiger partial charge in [0, 0.05) is 29.1 Å². The minimum absolute atomic E-state index is 0.294. The topological polar surface area (TPSA) is 84.1 Å². The maximum Gasteiger partial charge on any atom is 0.166 e. The summed E-state index contributed by atoms with van der Waals surface area (Å²) < 4.78 is 1.75. The molecule has 2 unspecified atom stereocenters. The lowest BCUT2D eigenvalue weighted by Gasteiger charge is -2.23. The SMILES string of the molecule is CC(C)(C)c1nc(N2CCC(O)C2)c2ncn(C(C=O)c3ccccc3Cl)c2n1. The van der Waals surface area contributed by atoms with Crippen molar-refractivity contribution >= 4 is 34.9 Å². The Morgan fingerprint density at radius 3 is 2.66 bits per heavy atom. The Balaban J connectivity index is 1.92. The Labute approximate surface area is 174 Å². The minimum atomic E-state index is -0.645. The molecule has 2 atom stereocenters. The van der Waals surface area contributed by atoms with Gasteiger partial charge >= 0.3 is 0 Å². The Bertz CT molecular complexity index is 1060. The van der Waals surface area contributed by atoms with E-state index in [2.05, 4.69) is 4.98 Å². The number of hydrogen-bond acceptors (Lipinski definition) is 6. The number of aliphatic hydroxyl groups excluding tert-OH is 1. The molecule has 0 aliphatic carbocycles. The zero-order valence-corrected chi connectivity index (χ0v) is 17.5. The molecule has 3 aromatic rings. The van der Waals surface area contributed by atoms with E-state index in [0.29, 0.717) is 52.9 Å². The number of carbonyl (C=O) groups excluding carboxylic acids is 1. The third-order valence-corrected chi connectivity index (χ3v) is 5.53. The quantitative estimate of drug-likeness (QED) is 0.661. The van der Waals surface area contributed by atoms with Crippen molar-refractivity contribution in [3.05, 3.63) is 47.0 Å². The molecular formula is C21H24ClN5O2. The van der Waals surface area contributed by atoms with Crippen molar-refractivity contribution < 1.29 is 9.90 Å². The predicted octanol–water partition coefficient (Wildman–Crippen LogP) is 3.14. The first-order valence-corrected chi connectivity index (χ1v) is 10.0. The van der Waals surface area contributed by atoms with Gasteiger partial charge in [0.05, 0.1) is 12.4 Å². The summed E-state index contributed by atoms with van der Waals surface area (Å²) in [7, 11) is 0. The van der Waals surface area contributed by atoms with Crippen LogP contribution < -0.4 is 4.90 Å². The van der Waals surface area contributed by atoms with E-state index < -0.39 is 6.04 Å². The summed E-state index contributed by atoms with van der Waals surface area (Å²) in [6, 6.07) is 6.63. The number of halogens is 1. The van der Waals surface area contributed by atoms with Crippen LogP contribution in [-0.4, -0.2) is 50.1 Å². The van der Waals surface area contributed by atoms with Crippen LogP contribution in [0.4, 0.5) is 5.82 Å². The van der Waals surface area contributed by atoms with Gasteiger partial charge in [-0.3, -0.25) is 0 Å². The van der Waals surface area contributed by atoms with Crippen LogP contribution in [0.25, 0.3) is 11.2 Å². The third kappa shape index (κ3) is 3.60. The highest BCUT2D eigenvalue weighted by atomic mass is 35.5. The number of nitrogens with zero attached hydrogens (tertiary/aromatic N) is 5. The molecule has 152 valence electrons. The van der Waals surface area contributed by atoms with Crippen molar-refractivity contribution in [2.75, 3.05) is 18.0 Å². The zero-order chi connectivity index (χ0) is 20.8. The van der Waals surface area contributed by atoms with Gasteiger partial charge in [-0.1, -0.05) is 50.6 Å². The number of rotatable bonds is 4. The monoisotopic (exact) mass is 413 g/mol. The summed E-state index contributed by atoms with van der Waals surface area (Å²) in [6.45, 7) is 7.34.